The third-order valence-electron chi connectivity index (χ3n) is 5.80. The van der Waals surface area contributed by atoms with E-state index in [1.807, 2.05) is 20.8 Å². The van der Waals surface area contributed by atoms with Gasteiger partial charge in [-0.15, -0.1) is 0 Å². The van der Waals surface area contributed by atoms with Crippen LogP contribution in [0.25, 0.3) is 0 Å². The van der Waals surface area contributed by atoms with E-state index in [2.05, 4.69) is 13.0 Å². The van der Waals surface area contributed by atoms with Crippen LogP contribution in [0.3, 0.4) is 0 Å². The predicted molar refractivity (Wildman–Crippen MR) is 90.2 cm³/mol. The molecule has 0 aromatic carbocycles. The second-order valence-electron chi connectivity index (χ2n) is 7.68. The molecule has 0 saturated carbocycles. The Bertz CT molecular complexity index is 690. The number of fused-ring (bicyclic) bond motifs is 2. The first-order valence-corrected chi connectivity index (χ1v) is 8.41. The van der Waals surface area contributed by atoms with Crippen molar-refractivity contribution in [1.82, 2.24) is 0 Å². The number of ketones is 1. The summed E-state index contributed by atoms with van der Waals surface area (Å²) in [4.78, 5) is 12.7. The smallest absolute Gasteiger partial charge is 0.161 e. The first-order valence-electron chi connectivity index (χ1n) is 8.41. The first kappa shape index (κ1) is 16.3. The Morgan fingerprint density at radius 1 is 1.30 bits per heavy atom. The summed E-state index contributed by atoms with van der Waals surface area (Å²) in [5.74, 6) is 0.955. The van der Waals surface area contributed by atoms with Gasteiger partial charge in [0.05, 0.1) is 11.9 Å². The number of rotatable bonds is 0. The lowest BCUT2D eigenvalue weighted by Crippen LogP contribution is -2.51. The predicted octanol–water partition coefficient (Wildman–Crippen LogP) is 3.93. The van der Waals surface area contributed by atoms with E-state index in [9.17, 15) is 9.90 Å². The van der Waals surface area contributed by atoms with Crippen molar-refractivity contribution in [2.75, 3.05) is 0 Å². The number of aryl methyl sites for hydroxylation is 1. The Hall–Kier alpha value is -1.61. The van der Waals surface area contributed by atoms with Crippen LogP contribution in [0.1, 0.15) is 50.5 Å². The van der Waals surface area contributed by atoms with Gasteiger partial charge in [0.25, 0.3) is 0 Å². The Morgan fingerprint density at radius 3 is 2.78 bits per heavy atom. The molecule has 0 saturated heterocycles. The lowest BCUT2D eigenvalue weighted by atomic mass is 9.59. The van der Waals surface area contributed by atoms with E-state index >= 15 is 0 Å². The highest BCUT2D eigenvalue weighted by Gasteiger charge is 2.50. The number of carbonyl (C=O) groups excluding carboxylic acids is 1. The summed E-state index contributed by atoms with van der Waals surface area (Å²) < 4.78 is 5.77. The van der Waals surface area contributed by atoms with Crippen molar-refractivity contribution in [2.45, 2.75) is 59.0 Å². The van der Waals surface area contributed by atoms with E-state index in [-0.39, 0.29) is 11.7 Å². The molecule has 1 aromatic rings. The minimum absolute atomic E-state index is 0.128. The van der Waals surface area contributed by atoms with Crippen LogP contribution < -0.4 is 0 Å². The van der Waals surface area contributed by atoms with Crippen LogP contribution in [-0.2, 0) is 17.6 Å². The number of allylic oxidation sites excluding steroid dienone is 3. The number of hydrogen-bond donors (Lipinski definition) is 1. The number of hydrogen-bond acceptors (Lipinski definition) is 3. The van der Waals surface area contributed by atoms with E-state index in [1.165, 1.54) is 5.57 Å². The summed E-state index contributed by atoms with van der Waals surface area (Å²) in [6.45, 7) is 7.99. The molecule has 124 valence electrons. The summed E-state index contributed by atoms with van der Waals surface area (Å²) in [6.07, 6.45) is 10.3. The van der Waals surface area contributed by atoms with Crippen molar-refractivity contribution < 1.29 is 14.3 Å². The van der Waals surface area contributed by atoms with Gasteiger partial charge in [-0.05, 0) is 63.3 Å². The average molecular weight is 314 g/mol. The first-order chi connectivity index (χ1) is 10.7. The zero-order valence-corrected chi connectivity index (χ0v) is 14.5. The summed E-state index contributed by atoms with van der Waals surface area (Å²) in [6, 6.07) is 0. The largest absolute Gasteiger partial charge is 0.468 e. The van der Waals surface area contributed by atoms with Crippen LogP contribution >= 0.6 is 0 Å². The van der Waals surface area contributed by atoms with Crippen LogP contribution in [0.15, 0.2) is 34.5 Å². The Morgan fingerprint density at radius 2 is 2.04 bits per heavy atom. The molecule has 0 aliphatic heterocycles. The van der Waals surface area contributed by atoms with Crippen LogP contribution in [0.2, 0.25) is 0 Å². The minimum Gasteiger partial charge on any atom is -0.468 e. The molecule has 1 N–H and O–H groups in total. The molecule has 1 aromatic heterocycles. The molecule has 0 spiro atoms. The van der Waals surface area contributed by atoms with Gasteiger partial charge in [-0.25, -0.2) is 0 Å². The molecule has 3 rings (SSSR count). The summed E-state index contributed by atoms with van der Waals surface area (Å²) in [7, 11) is 0. The van der Waals surface area contributed by atoms with E-state index in [4.69, 9.17) is 4.42 Å². The Balaban J connectivity index is 2.13. The maximum absolute atomic E-state index is 12.7. The zero-order valence-electron chi connectivity index (χ0n) is 14.5. The molecule has 0 fully saturated rings. The maximum Gasteiger partial charge on any atom is 0.161 e. The molecule has 3 atom stereocenters. The van der Waals surface area contributed by atoms with E-state index < -0.39 is 11.0 Å². The molecule has 3 heteroatoms. The van der Waals surface area contributed by atoms with Gasteiger partial charge in [0.2, 0.25) is 0 Å². The second kappa shape index (κ2) is 5.48. The fourth-order valence-corrected chi connectivity index (χ4v) is 4.19. The molecule has 0 unspecified atom stereocenters. The molecule has 2 aliphatic carbocycles. The van der Waals surface area contributed by atoms with Crippen LogP contribution in [-0.4, -0.2) is 16.5 Å². The molecule has 1 heterocycles. The van der Waals surface area contributed by atoms with Gasteiger partial charge in [-0.3, -0.25) is 4.79 Å². The monoisotopic (exact) mass is 314 g/mol. The number of furan rings is 1. The molecule has 23 heavy (non-hydrogen) atoms. The van der Waals surface area contributed by atoms with Crippen molar-refractivity contribution in [2.24, 2.45) is 11.3 Å². The van der Waals surface area contributed by atoms with Gasteiger partial charge >= 0.3 is 0 Å². The molecule has 2 aliphatic rings. The van der Waals surface area contributed by atoms with E-state index in [0.717, 1.165) is 36.1 Å². The third kappa shape index (κ3) is 2.72. The summed E-state index contributed by atoms with van der Waals surface area (Å²) >= 11 is 0. The molecule has 0 radical (unpaired) electrons. The third-order valence-corrected chi connectivity index (χ3v) is 5.80. The topological polar surface area (TPSA) is 50.4 Å². The molecular weight excluding hydrogens is 288 g/mol. The van der Waals surface area contributed by atoms with Crippen LogP contribution in [0, 0.1) is 18.3 Å². The van der Waals surface area contributed by atoms with Gasteiger partial charge in [0.1, 0.15) is 5.76 Å². The number of aliphatic hydroxyl groups is 1. The van der Waals surface area contributed by atoms with Gasteiger partial charge in [0.15, 0.2) is 5.78 Å². The standard InChI is InChI=1S/C20H26O3/c1-13-6-5-8-19(3)17(20(4,22)9-7-18(19)21)11-15-14(2)12-23-16(15)10-13/h6-7,9,12,17,22H,5,8,10-11H2,1-4H3/t17-,19-,20+/m0/s1. The zero-order chi connectivity index (χ0) is 16.8. The fraction of sp³-hybridized carbons (Fsp3) is 0.550. The van der Waals surface area contributed by atoms with Gasteiger partial charge in [-0.1, -0.05) is 18.6 Å². The minimum atomic E-state index is -0.985. The second-order valence-corrected chi connectivity index (χ2v) is 7.68. The lowest BCUT2D eigenvalue weighted by Gasteiger charge is -2.46. The average Bonchev–Trinajstić information content (AvgIpc) is 2.80. The maximum atomic E-state index is 12.7. The van der Waals surface area contributed by atoms with Crippen molar-refractivity contribution in [3.8, 4) is 0 Å². The Kier molecular flexibility index (Phi) is 3.88. The van der Waals surface area contributed by atoms with E-state index in [0.29, 0.717) is 6.42 Å². The van der Waals surface area contributed by atoms with Gasteiger partial charge < -0.3 is 9.52 Å². The lowest BCUT2D eigenvalue weighted by molar-refractivity contribution is -0.134. The van der Waals surface area contributed by atoms with Crippen molar-refractivity contribution >= 4 is 5.78 Å². The van der Waals surface area contributed by atoms with Crippen molar-refractivity contribution in [3.05, 3.63) is 47.0 Å². The fourth-order valence-electron chi connectivity index (χ4n) is 4.19. The quantitative estimate of drug-likeness (QED) is 0.738. The Labute approximate surface area is 138 Å². The van der Waals surface area contributed by atoms with Gasteiger partial charge in [0, 0.05) is 17.8 Å². The molecular formula is C20H26O3. The van der Waals surface area contributed by atoms with Crippen LogP contribution in [0.5, 0.6) is 0 Å². The highest BCUT2D eigenvalue weighted by molar-refractivity contribution is 5.96. The molecule has 0 amide bonds. The van der Waals surface area contributed by atoms with Crippen LogP contribution in [0.4, 0.5) is 0 Å². The van der Waals surface area contributed by atoms with Crippen molar-refractivity contribution in [1.29, 1.82) is 0 Å². The van der Waals surface area contributed by atoms with Gasteiger partial charge in [-0.2, -0.15) is 0 Å². The normalized spacial score (nSPS) is 34.6. The van der Waals surface area contributed by atoms with E-state index in [1.54, 1.807) is 18.4 Å². The molecule has 0 bridgehead atoms. The highest BCUT2D eigenvalue weighted by atomic mass is 16.3. The molecule has 3 nitrogen and oxygen atoms in total. The SMILES string of the molecule is CC1=CCC[C@]2(C)C(=O)C=C[C@@](C)(O)[C@H]2Cc2c(C)coc2C1. The summed E-state index contributed by atoms with van der Waals surface area (Å²) in [5, 5.41) is 11.0. The number of carbonyl (C=O) groups is 1. The van der Waals surface area contributed by atoms with Crippen molar-refractivity contribution in [3.63, 3.8) is 0 Å². The summed E-state index contributed by atoms with van der Waals surface area (Å²) in [5.41, 5.74) is 2.00. The highest BCUT2D eigenvalue weighted by Crippen LogP contribution is 2.47.